The van der Waals surface area contributed by atoms with Crippen LogP contribution in [0.4, 0.5) is 0 Å². The van der Waals surface area contributed by atoms with Gasteiger partial charge in [-0.25, -0.2) is 0 Å². The highest BCUT2D eigenvalue weighted by atomic mass is 16.5. The van der Waals surface area contributed by atoms with E-state index in [1.54, 1.807) is 0 Å². The smallest absolute Gasteiger partial charge is 0.0700 e. The van der Waals surface area contributed by atoms with Crippen LogP contribution in [0, 0.1) is 11.8 Å². The number of hydrogen-bond donors (Lipinski definition) is 1. The summed E-state index contributed by atoms with van der Waals surface area (Å²) < 4.78 is 11.4. The number of nitrogens with one attached hydrogen (secondary N) is 1. The summed E-state index contributed by atoms with van der Waals surface area (Å²) in [5.41, 5.74) is 0. The molecule has 0 radical (unpaired) electrons. The average Bonchev–Trinajstić information content (AvgIpc) is 2.83. The zero-order valence-corrected chi connectivity index (χ0v) is 10.7. The van der Waals surface area contributed by atoms with Gasteiger partial charge in [-0.3, -0.25) is 0 Å². The first-order valence-corrected chi connectivity index (χ1v) is 6.65. The molecular formula is C13H25NO2. The molecule has 0 aromatic carbocycles. The lowest BCUT2D eigenvalue weighted by atomic mass is 9.92. The highest BCUT2D eigenvalue weighted by Crippen LogP contribution is 2.26. The first kappa shape index (κ1) is 12.3. The molecule has 2 saturated heterocycles. The Balaban J connectivity index is 1.76. The van der Waals surface area contributed by atoms with E-state index in [2.05, 4.69) is 26.1 Å². The van der Waals surface area contributed by atoms with Crippen molar-refractivity contribution in [1.29, 1.82) is 0 Å². The molecule has 2 fully saturated rings. The Kier molecular flexibility index (Phi) is 4.22. The fourth-order valence-corrected chi connectivity index (χ4v) is 2.91. The van der Waals surface area contributed by atoms with Crippen LogP contribution < -0.4 is 5.32 Å². The lowest BCUT2D eigenvalue weighted by Crippen LogP contribution is -2.40. The van der Waals surface area contributed by atoms with Gasteiger partial charge in [0, 0.05) is 25.8 Å². The van der Waals surface area contributed by atoms with E-state index < -0.39 is 0 Å². The predicted molar refractivity (Wildman–Crippen MR) is 64.5 cm³/mol. The molecule has 0 aromatic heterocycles. The van der Waals surface area contributed by atoms with E-state index in [0.717, 1.165) is 26.2 Å². The molecule has 3 heteroatoms. The first-order chi connectivity index (χ1) is 7.68. The normalized spacial score (nSPS) is 39.8. The largest absolute Gasteiger partial charge is 0.378 e. The molecule has 2 aliphatic heterocycles. The minimum atomic E-state index is 0.375. The summed E-state index contributed by atoms with van der Waals surface area (Å²) in [5, 5.41) is 3.65. The molecule has 0 unspecified atom stereocenters. The van der Waals surface area contributed by atoms with Gasteiger partial charge in [0.2, 0.25) is 0 Å². The minimum absolute atomic E-state index is 0.375. The van der Waals surface area contributed by atoms with Gasteiger partial charge in [0.25, 0.3) is 0 Å². The summed E-state index contributed by atoms with van der Waals surface area (Å²) >= 11 is 0. The van der Waals surface area contributed by atoms with Crippen LogP contribution in [0.25, 0.3) is 0 Å². The summed E-state index contributed by atoms with van der Waals surface area (Å²) in [4.78, 5) is 0. The van der Waals surface area contributed by atoms with Gasteiger partial charge in [-0.15, -0.1) is 0 Å². The van der Waals surface area contributed by atoms with Gasteiger partial charge in [0.1, 0.15) is 0 Å². The van der Waals surface area contributed by atoms with Gasteiger partial charge >= 0.3 is 0 Å². The molecule has 94 valence electrons. The monoisotopic (exact) mass is 227 g/mol. The molecule has 4 atom stereocenters. The molecule has 2 rings (SSSR count). The summed E-state index contributed by atoms with van der Waals surface area (Å²) in [6.07, 6.45) is 3.18. The van der Waals surface area contributed by atoms with Crippen LogP contribution >= 0.6 is 0 Å². The summed E-state index contributed by atoms with van der Waals surface area (Å²) in [7, 11) is 0. The van der Waals surface area contributed by atoms with Gasteiger partial charge in [0.05, 0.1) is 12.2 Å². The molecule has 0 aromatic rings. The SMILES string of the molecule is CC(C)[C@H]1OCC[C@@H]1CN[C@H]1CCO[C@H]1C. The summed E-state index contributed by atoms with van der Waals surface area (Å²) in [6.45, 7) is 9.60. The Morgan fingerprint density at radius 3 is 2.56 bits per heavy atom. The molecule has 2 heterocycles. The summed E-state index contributed by atoms with van der Waals surface area (Å²) in [6, 6.07) is 0.549. The third kappa shape index (κ3) is 2.76. The maximum atomic E-state index is 5.80. The highest BCUT2D eigenvalue weighted by molar-refractivity contribution is 4.84. The Hall–Kier alpha value is -0.120. The number of rotatable bonds is 4. The van der Waals surface area contributed by atoms with Crippen molar-refractivity contribution in [2.45, 2.75) is 51.9 Å². The second-order valence-electron chi connectivity index (χ2n) is 5.51. The Morgan fingerprint density at radius 1 is 1.19 bits per heavy atom. The van der Waals surface area contributed by atoms with Crippen LogP contribution in [0.1, 0.15) is 33.6 Å². The van der Waals surface area contributed by atoms with Gasteiger partial charge in [-0.05, 0) is 31.6 Å². The third-order valence-electron chi connectivity index (χ3n) is 3.94. The van der Waals surface area contributed by atoms with Crippen LogP contribution in [-0.4, -0.2) is 38.0 Å². The van der Waals surface area contributed by atoms with Crippen molar-refractivity contribution >= 4 is 0 Å². The zero-order chi connectivity index (χ0) is 11.5. The lowest BCUT2D eigenvalue weighted by molar-refractivity contribution is 0.0521. The maximum Gasteiger partial charge on any atom is 0.0700 e. The molecule has 0 bridgehead atoms. The van der Waals surface area contributed by atoms with Gasteiger partial charge in [-0.1, -0.05) is 13.8 Å². The van der Waals surface area contributed by atoms with E-state index in [4.69, 9.17) is 9.47 Å². The Morgan fingerprint density at radius 2 is 1.94 bits per heavy atom. The van der Waals surface area contributed by atoms with Crippen molar-refractivity contribution < 1.29 is 9.47 Å². The molecular weight excluding hydrogens is 202 g/mol. The Bertz CT molecular complexity index is 220. The second kappa shape index (κ2) is 5.48. The molecule has 0 saturated carbocycles. The molecule has 16 heavy (non-hydrogen) atoms. The van der Waals surface area contributed by atoms with Crippen molar-refractivity contribution in [3.8, 4) is 0 Å². The summed E-state index contributed by atoms with van der Waals surface area (Å²) in [5.74, 6) is 1.32. The fourth-order valence-electron chi connectivity index (χ4n) is 2.91. The standard InChI is InChI=1S/C13H25NO2/c1-9(2)13-11(4-6-16-13)8-14-12-5-7-15-10(12)3/h9-14H,4-8H2,1-3H3/t10-,11+,12-,13+/m0/s1. The van der Waals surface area contributed by atoms with E-state index in [9.17, 15) is 0 Å². The van der Waals surface area contributed by atoms with Crippen molar-refractivity contribution in [1.82, 2.24) is 5.32 Å². The van der Waals surface area contributed by atoms with E-state index >= 15 is 0 Å². The quantitative estimate of drug-likeness (QED) is 0.794. The molecule has 0 amide bonds. The maximum absolute atomic E-state index is 5.80. The van der Waals surface area contributed by atoms with Crippen LogP contribution in [0.3, 0.4) is 0 Å². The van der Waals surface area contributed by atoms with Crippen molar-refractivity contribution in [2.75, 3.05) is 19.8 Å². The lowest BCUT2D eigenvalue weighted by Gasteiger charge is -2.24. The van der Waals surface area contributed by atoms with Crippen molar-refractivity contribution in [3.05, 3.63) is 0 Å². The molecule has 1 N–H and O–H groups in total. The average molecular weight is 227 g/mol. The van der Waals surface area contributed by atoms with Crippen LogP contribution in [0.5, 0.6) is 0 Å². The predicted octanol–water partition coefficient (Wildman–Crippen LogP) is 1.81. The third-order valence-corrected chi connectivity index (χ3v) is 3.94. The molecule has 3 nitrogen and oxygen atoms in total. The van der Waals surface area contributed by atoms with E-state index in [0.29, 0.717) is 30.1 Å². The molecule has 0 spiro atoms. The van der Waals surface area contributed by atoms with Gasteiger partial charge in [0.15, 0.2) is 0 Å². The Labute approximate surface area is 98.9 Å². The van der Waals surface area contributed by atoms with Gasteiger partial charge in [-0.2, -0.15) is 0 Å². The minimum Gasteiger partial charge on any atom is -0.378 e. The fraction of sp³-hybridized carbons (Fsp3) is 1.00. The first-order valence-electron chi connectivity index (χ1n) is 6.65. The number of ether oxygens (including phenoxy) is 2. The van der Waals surface area contributed by atoms with E-state index in [1.165, 1.54) is 6.42 Å². The topological polar surface area (TPSA) is 30.5 Å². The van der Waals surface area contributed by atoms with E-state index in [-0.39, 0.29) is 0 Å². The van der Waals surface area contributed by atoms with Crippen LogP contribution in [-0.2, 0) is 9.47 Å². The van der Waals surface area contributed by atoms with Crippen molar-refractivity contribution in [2.24, 2.45) is 11.8 Å². The second-order valence-corrected chi connectivity index (χ2v) is 5.51. The van der Waals surface area contributed by atoms with Crippen molar-refractivity contribution in [3.63, 3.8) is 0 Å². The zero-order valence-electron chi connectivity index (χ0n) is 10.7. The molecule has 2 aliphatic rings. The van der Waals surface area contributed by atoms with E-state index in [1.807, 2.05) is 0 Å². The molecule has 0 aliphatic carbocycles. The van der Waals surface area contributed by atoms with Gasteiger partial charge < -0.3 is 14.8 Å². The number of hydrogen-bond acceptors (Lipinski definition) is 3. The van der Waals surface area contributed by atoms with Crippen LogP contribution in [0.2, 0.25) is 0 Å². The van der Waals surface area contributed by atoms with Crippen LogP contribution in [0.15, 0.2) is 0 Å². The highest BCUT2D eigenvalue weighted by Gasteiger charge is 2.32.